The molecule has 0 aromatic heterocycles. The third-order valence-electron chi connectivity index (χ3n) is 1.99. The predicted octanol–water partition coefficient (Wildman–Crippen LogP) is 3.59. The summed E-state index contributed by atoms with van der Waals surface area (Å²) in [6, 6.07) is 8.50. The van der Waals surface area contributed by atoms with E-state index in [1.165, 1.54) is 15.4 Å². The van der Waals surface area contributed by atoms with Crippen LogP contribution in [0.25, 0.3) is 0 Å². The van der Waals surface area contributed by atoms with Crippen LogP contribution in [0.3, 0.4) is 0 Å². The summed E-state index contributed by atoms with van der Waals surface area (Å²) in [4.78, 5) is 2.64. The molecule has 0 spiro atoms. The van der Waals surface area contributed by atoms with Gasteiger partial charge in [0.05, 0.1) is 6.07 Å². The summed E-state index contributed by atoms with van der Waals surface area (Å²) in [6.07, 6.45) is 5.64. The van der Waals surface area contributed by atoms with Crippen molar-refractivity contribution in [2.45, 2.75) is 22.6 Å². The fourth-order valence-corrected chi connectivity index (χ4v) is 3.07. The van der Waals surface area contributed by atoms with Gasteiger partial charge in [-0.1, -0.05) is 12.1 Å². The van der Waals surface area contributed by atoms with Gasteiger partial charge in [0.25, 0.3) is 0 Å². The Morgan fingerprint density at radius 2 is 2.07 bits per heavy atom. The Morgan fingerprint density at radius 1 is 1.29 bits per heavy atom. The molecule has 0 heterocycles. The van der Waals surface area contributed by atoms with Crippen LogP contribution in [0, 0.1) is 11.3 Å². The first-order chi connectivity index (χ1) is 6.83. The van der Waals surface area contributed by atoms with Gasteiger partial charge in [-0.25, -0.2) is 0 Å². The van der Waals surface area contributed by atoms with Gasteiger partial charge >= 0.3 is 0 Å². The van der Waals surface area contributed by atoms with Gasteiger partial charge in [0.15, 0.2) is 0 Å². The second kappa shape index (κ2) is 6.00. The molecule has 1 aromatic carbocycles. The molecule has 14 heavy (non-hydrogen) atoms. The molecule has 0 amide bonds. The number of aryl methyl sites for hydroxylation is 1. The average molecular weight is 223 g/mol. The average Bonchev–Trinajstić information content (AvgIpc) is 2.25. The lowest BCUT2D eigenvalue weighted by atomic mass is 10.1. The van der Waals surface area contributed by atoms with E-state index in [1.807, 2.05) is 0 Å². The first kappa shape index (κ1) is 11.5. The minimum Gasteiger partial charge on any atom is -0.198 e. The summed E-state index contributed by atoms with van der Waals surface area (Å²) >= 11 is 3.53. The van der Waals surface area contributed by atoms with E-state index < -0.39 is 0 Å². The molecule has 0 aliphatic heterocycles. The van der Waals surface area contributed by atoms with Crippen molar-refractivity contribution in [2.75, 3.05) is 12.5 Å². The zero-order chi connectivity index (χ0) is 10.4. The SMILES string of the molecule is CSc1cccc(CCC#N)c1SC. The molecule has 0 aliphatic rings. The van der Waals surface area contributed by atoms with E-state index in [0.717, 1.165) is 6.42 Å². The summed E-state index contributed by atoms with van der Waals surface area (Å²) in [6.45, 7) is 0. The second-order valence-corrected chi connectivity index (χ2v) is 4.48. The molecule has 0 bridgehead atoms. The number of rotatable bonds is 4. The fraction of sp³-hybridized carbons (Fsp3) is 0.364. The minimum atomic E-state index is 0.603. The first-order valence-electron chi connectivity index (χ1n) is 4.40. The fourth-order valence-electron chi connectivity index (χ4n) is 1.34. The summed E-state index contributed by atoms with van der Waals surface area (Å²) in [5, 5.41) is 8.56. The Labute approximate surface area is 93.9 Å². The standard InChI is InChI=1S/C11H13NS2/c1-13-10-7-3-5-9(6-4-8-12)11(10)14-2/h3,5,7H,4,6H2,1-2H3. The predicted molar refractivity (Wildman–Crippen MR) is 63.9 cm³/mol. The van der Waals surface area contributed by atoms with Gasteiger partial charge in [-0.05, 0) is 30.6 Å². The van der Waals surface area contributed by atoms with E-state index in [4.69, 9.17) is 5.26 Å². The van der Waals surface area contributed by atoms with Gasteiger partial charge in [0, 0.05) is 16.2 Å². The monoisotopic (exact) mass is 223 g/mol. The van der Waals surface area contributed by atoms with Crippen LogP contribution >= 0.6 is 23.5 Å². The molecule has 1 rings (SSSR count). The lowest BCUT2D eigenvalue weighted by Crippen LogP contribution is -1.89. The highest BCUT2D eigenvalue weighted by molar-refractivity contribution is 8.01. The van der Waals surface area contributed by atoms with Gasteiger partial charge in [0.2, 0.25) is 0 Å². The molecule has 0 atom stereocenters. The van der Waals surface area contributed by atoms with Crippen LogP contribution in [0.1, 0.15) is 12.0 Å². The zero-order valence-corrected chi connectivity index (χ0v) is 10.0. The van der Waals surface area contributed by atoms with Crippen LogP contribution in [0.2, 0.25) is 0 Å². The van der Waals surface area contributed by atoms with E-state index >= 15 is 0 Å². The van der Waals surface area contributed by atoms with Crippen molar-refractivity contribution in [3.8, 4) is 6.07 Å². The van der Waals surface area contributed by atoms with Crippen molar-refractivity contribution in [3.63, 3.8) is 0 Å². The maximum Gasteiger partial charge on any atom is 0.0625 e. The molecule has 3 heteroatoms. The topological polar surface area (TPSA) is 23.8 Å². The molecule has 0 saturated heterocycles. The van der Waals surface area contributed by atoms with Crippen molar-refractivity contribution in [1.82, 2.24) is 0 Å². The molecule has 0 radical (unpaired) electrons. The van der Waals surface area contributed by atoms with Crippen LogP contribution < -0.4 is 0 Å². The Morgan fingerprint density at radius 3 is 2.64 bits per heavy atom. The highest BCUT2D eigenvalue weighted by Gasteiger charge is 2.05. The molecule has 0 unspecified atom stereocenters. The third kappa shape index (κ3) is 2.70. The first-order valence-corrected chi connectivity index (χ1v) is 6.85. The lowest BCUT2D eigenvalue weighted by Gasteiger charge is -2.09. The number of hydrogen-bond donors (Lipinski definition) is 0. The highest BCUT2D eigenvalue weighted by atomic mass is 32.2. The van der Waals surface area contributed by atoms with E-state index in [0.29, 0.717) is 6.42 Å². The number of nitriles is 1. The summed E-state index contributed by atoms with van der Waals surface area (Å²) in [5.74, 6) is 0. The van der Waals surface area contributed by atoms with E-state index in [9.17, 15) is 0 Å². The Balaban J connectivity index is 2.97. The molecule has 74 valence electrons. The quantitative estimate of drug-likeness (QED) is 0.729. The van der Waals surface area contributed by atoms with Crippen molar-refractivity contribution in [3.05, 3.63) is 23.8 Å². The molecule has 0 saturated carbocycles. The van der Waals surface area contributed by atoms with Gasteiger partial charge in [-0.3, -0.25) is 0 Å². The Hall–Kier alpha value is -0.590. The number of hydrogen-bond acceptors (Lipinski definition) is 3. The van der Waals surface area contributed by atoms with Crippen molar-refractivity contribution in [2.24, 2.45) is 0 Å². The zero-order valence-electron chi connectivity index (χ0n) is 8.41. The molecule has 1 aromatic rings. The van der Waals surface area contributed by atoms with Crippen LogP contribution in [-0.2, 0) is 6.42 Å². The van der Waals surface area contributed by atoms with Crippen LogP contribution in [-0.4, -0.2) is 12.5 Å². The largest absolute Gasteiger partial charge is 0.198 e. The van der Waals surface area contributed by atoms with E-state index in [1.54, 1.807) is 23.5 Å². The smallest absolute Gasteiger partial charge is 0.0625 e. The summed E-state index contributed by atoms with van der Waals surface area (Å²) < 4.78 is 0. The number of benzene rings is 1. The molecule has 0 aliphatic carbocycles. The van der Waals surface area contributed by atoms with Crippen molar-refractivity contribution in [1.29, 1.82) is 5.26 Å². The van der Waals surface area contributed by atoms with Crippen LogP contribution in [0.5, 0.6) is 0 Å². The van der Waals surface area contributed by atoms with Gasteiger partial charge < -0.3 is 0 Å². The number of thioether (sulfide) groups is 2. The highest BCUT2D eigenvalue weighted by Crippen LogP contribution is 2.31. The molecular formula is C11H13NS2. The van der Waals surface area contributed by atoms with Crippen molar-refractivity contribution >= 4 is 23.5 Å². The summed E-state index contributed by atoms with van der Waals surface area (Å²) in [5.41, 5.74) is 1.30. The minimum absolute atomic E-state index is 0.603. The van der Waals surface area contributed by atoms with Crippen molar-refractivity contribution < 1.29 is 0 Å². The van der Waals surface area contributed by atoms with Crippen LogP contribution in [0.15, 0.2) is 28.0 Å². The number of nitrogens with zero attached hydrogens (tertiary/aromatic N) is 1. The second-order valence-electron chi connectivity index (χ2n) is 2.81. The van der Waals surface area contributed by atoms with E-state index in [-0.39, 0.29) is 0 Å². The lowest BCUT2D eigenvalue weighted by molar-refractivity contribution is 0.958. The maximum absolute atomic E-state index is 8.56. The Bertz CT molecular complexity index is 342. The molecule has 0 fully saturated rings. The van der Waals surface area contributed by atoms with Gasteiger partial charge in [0.1, 0.15) is 0 Å². The van der Waals surface area contributed by atoms with Gasteiger partial charge in [-0.2, -0.15) is 5.26 Å². The molecule has 0 N–H and O–H groups in total. The van der Waals surface area contributed by atoms with Gasteiger partial charge in [-0.15, -0.1) is 23.5 Å². The normalized spacial score (nSPS) is 9.79. The molecular weight excluding hydrogens is 210 g/mol. The van der Waals surface area contributed by atoms with Crippen LogP contribution in [0.4, 0.5) is 0 Å². The summed E-state index contributed by atoms with van der Waals surface area (Å²) in [7, 11) is 0. The molecule has 1 nitrogen and oxygen atoms in total. The third-order valence-corrected chi connectivity index (χ3v) is 3.79. The maximum atomic E-state index is 8.56. The Kier molecular flexibility index (Phi) is 4.92. The van der Waals surface area contributed by atoms with E-state index in [2.05, 4.69) is 36.8 Å².